The maximum atomic E-state index is 13.7. The molecule has 2 aromatic rings. The Balaban J connectivity index is 1.72. The number of benzene rings is 2. The van der Waals surface area contributed by atoms with E-state index in [-0.39, 0.29) is 42.7 Å². The van der Waals surface area contributed by atoms with Crippen LogP contribution in [-0.2, 0) is 22.6 Å². The van der Waals surface area contributed by atoms with Crippen molar-refractivity contribution in [3.63, 3.8) is 0 Å². The number of amides is 2. The topological polar surface area (TPSA) is 75.4 Å². The first-order chi connectivity index (χ1) is 13.6. The number of nitrogens with zero attached hydrogens (tertiary/aromatic N) is 1. The van der Waals surface area contributed by atoms with Crippen LogP contribution in [0.25, 0.3) is 0 Å². The zero-order valence-corrected chi connectivity index (χ0v) is 14.9. The average Bonchev–Trinajstić information content (AvgIpc) is 2.78. The molecule has 1 heterocycles. The first-order valence-electron chi connectivity index (χ1n) is 8.58. The molecule has 0 saturated heterocycles. The fraction of sp³-hybridized carbons (Fsp3) is 0.263. The molecular weight excluding hydrogens is 397 g/mol. The highest BCUT2D eigenvalue weighted by atomic mass is 19.2. The van der Waals surface area contributed by atoms with Crippen molar-refractivity contribution in [2.45, 2.75) is 25.4 Å². The van der Waals surface area contributed by atoms with Gasteiger partial charge in [-0.2, -0.15) is 0 Å². The van der Waals surface area contributed by atoms with Crippen molar-refractivity contribution in [2.75, 3.05) is 11.9 Å². The van der Waals surface area contributed by atoms with Gasteiger partial charge in [-0.3, -0.25) is 9.59 Å². The molecule has 1 aliphatic heterocycles. The molecule has 0 saturated carbocycles. The van der Waals surface area contributed by atoms with Crippen LogP contribution < -0.4 is 11.1 Å². The van der Waals surface area contributed by atoms with Crippen LogP contribution in [0, 0.1) is 29.1 Å². The first kappa shape index (κ1) is 20.7. The molecule has 154 valence electrons. The first-order valence-corrected chi connectivity index (χ1v) is 8.58. The summed E-state index contributed by atoms with van der Waals surface area (Å²) in [5.41, 5.74) is 5.90. The van der Waals surface area contributed by atoms with Gasteiger partial charge in [0.2, 0.25) is 11.8 Å². The van der Waals surface area contributed by atoms with E-state index in [1.165, 1.54) is 0 Å². The molecule has 2 amide bonds. The third-order valence-corrected chi connectivity index (χ3v) is 4.48. The number of carbonyl (C=O) groups excluding carboxylic acids is 2. The molecule has 0 aromatic heterocycles. The van der Waals surface area contributed by atoms with Gasteiger partial charge in [0.25, 0.3) is 0 Å². The third kappa shape index (κ3) is 4.70. The van der Waals surface area contributed by atoms with Gasteiger partial charge in [-0.25, -0.2) is 22.0 Å². The lowest BCUT2D eigenvalue weighted by molar-refractivity contribution is -0.135. The highest BCUT2D eigenvalue weighted by Crippen LogP contribution is 2.24. The summed E-state index contributed by atoms with van der Waals surface area (Å²) in [6.07, 6.45) is -0.573. The van der Waals surface area contributed by atoms with Crippen LogP contribution in [0.15, 0.2) is 24.3 Å². The Morgan fingerprint density at radius 2 is 1.59 bits per heavy atom. The summed E-state index contributed by atoms with van der Waals surface area (Å²) in [4.78, 5) is 25.6. The van der Waals surface area contributed by atoms with E-state index >= 15 is 0 Å². The van der Waals surface area contributed by atoms with Crippen molar-refractivity contribution in [1.82, 2.24) is 4.90 Å². The van der Waals surface area contributed by atoms with E-state index in [2.05, 4.69) is 5.32 Å². The quantitative estimate of drug-likeness (QED) is 0.598. The third-order valence-electron chi connectivity index (χ3n) is 4.48. The summed E-state index contributed by atoms with van der Waals surface area (Å²) in [6, 6.07) is 1.82. The van der Waals surface area contributed by atoms with Crippen LogP contribution in [-0.4, -0.2) is 29.3 Å². The minimum Gasteiger partial charge on any atom is -0.329 e. The number of rotatable bonds is 4. The van der Waals surface area contributed by atoms with Gasteiger partial charge < -0.3 is 16.0 Å². The van der Waals surface area contributed by atoms with Crippen LogP contribution in [0.3, 0.4) is 0 Å². The van der Waals surface area contributed by atoms with E-state index in [4.69, 9.17) is 5.73 Å². The largest absolute Gasteiger partial charge is 0.329 e. The van der Waals surface area contributed by atoms with Gasteiger partial charge in [-0.05, 0) is 29.7 Å². The Morgan fingerprint density at radius 1 is 0.966 bits per heavy atom. The number of hydrogen-bond donors (Lipinski definition) is 2. The van der Waals surface area contributed by atoms with Crippen LogP contribution in [0.2, 0.25) is 0 Å². The lowest BCUT2D eigenvalue weighted by atomic mass is 10.0. The van der Waals surface area contributed by atoms with Gasteiger partial charge >= 0.3 is 0 Å². The molecule has 5 nitrogen and oxygen atoms in total. The molecular formula is C19H16F5N3O2. The molecule has 10 heteroatoms. The number of halogens is 5. The number of nitrogens with one attached hydrogen (secondary N) is 1. The smallest absolute Gasteiger partial charge is 0.244 e. The second kappa shape index (κ2) is 8.16. The highest BCUT2D eigenvalue weighted by Gasteiger charge is 2.26. The van der Waals surface area contributed by atoms with Gasteiger partial charge in [0.1, 0.15) is 12.4 Å². The number of fused-ring (bicyclic) bond motifs is 1. The minimum absolute atomic E-state index is 0.0531. The zero-order chi connectivity index (χ0) is 21.3. The molecule has 0 unspecified atom stereocenters. The minimum atomic E-state index is -1.34. The number of carbonyl (C=O) groups is 2. The SMILES string of the molecule is N[C@@H](CC(=O)N1CC(=O)Nc2cc(F)c(F)cc2C1)Cc1cc(F)c(F)cc1F. The van der Waals surface area contributed by atoms with E-state index in [9.17, 15) is 31.5 Å². The standard InChI is InChI=1S/C19H16F5N3O2/c20-12-5-15(23)13(21)2-9(12)1-11(25)4-19(29)27-7-10-3-14(22)16(24)6-17(10)26-18(28)8-27/h2-3,5-6,11H,1,4,7-8,25H2,(H,26,28)/t11-/m1/s1. The van der Waals surface area contributed by atoms with Crippen molar-refractivity contribution < 1.29 is 31.5 Å². The second-order valence-electron chi connectivity index (χ2n) is 6.75. The highest BCUT2D eigenvalue weighted by molar-refractivity contribution is 5.96. The van der Waals surface area contributed by atoms with Crippen LogP contribution in [0.1, 0.15) is 17.5 Å². The van der Waals surface area contributed by atoms with Gasteiger partial charge in [-0.15, -0.1) is 0 Å². The summed E-state index contributed by atoms with van der Waals surface area (Å²) >= 11 is 0. The van der Waals surface area contributed by atoms with E-state index in [1.54, 1.807) is 0 Å². The Kier molecular flexibility index (Phi) is 5.83. The molecule has 2 aromatic carbocycles. The second-order valence-corrected chi connectivity index (χ2v) is 6.75. The average molecular weight is 413 g/mol. The molecule has 0 aliphatic carbocycles. The summed E-state index contributed by atoms with van der Waals surface area (Å²) in [6.45, 7) is -0.542. The van der Waals surface area contributed by atoms with Gasteiger partial charge in [-0.1, -0.05) is 0 Å². The van der Waals surface area contributed by atoms with E-state index in [0.29, 0.717) is 12.1 Å². The van der Waals surface area contributed by atoms with Gasteiger partial charge in [0.05, 0.1) is 0 Å². The van der Waals surface area contributed by atoms with Gasteiger partial charge in [0.15, 0.2) is 23.3 Å². The molecule has 3 N–H and O–H groups in total. The Labute approximate surface area is 162 Å². The summed E-state index contributed by atoms with van der Waals surface area (Å²) < 4.78 is 66.9. The normalized spacial score (nSPS) is 14.8. The van der Waals surface area contributed by atoms with Crippen molar-refractivity contribution in [3.8, 4) is 0 Å². The molecule has 1 atom stereocenters. The lowest BCUT2D eigenvalue weighted by Crippen LogP contribution is -2.39. The molecule has 29 heavy (non-hydrogen) atoms. The molecule has 0 radical (unpaired) electrons. The van der Waals surface area contributed by atoms with Crippen molar-refractivity contribution in [2.24, 2.45) is 5.73 Å². The van der Waals surface area contributed by atoms with Crippen LogP contribution >= 0.6 is 0 Å². The Bertz CT molecular complexity index is 983. The van der Waals surface area contributed by atoms with E-state index in [0.717, 1.165) is 17.0 Å². The molecule has 1 aliphatic rings. The summed E-state index contributed by atoms with van der Waals surface area (Å²) in [7, 11) is 0. The fourth-order valence-electron chi connectivity index (χ4n) is 3.06. The summed E-state index contributed by atoms with van der Waals surface area (Å²) in [5, 5.41) is 2.39. The molecule has 0 bridgehead atoms. The van der Waals surface area contributed by atoms with Crippen LogP contribution in [0.5, 0.6) is 0 Å². The fourth-order valence-corrected chi connectivity index (χ4v) is 3.06. The molecule has 0 spiro atoms. The Hall–Kier alpha value is -3.01. The van der Waals surface area contributed by atoms with Crippen molar-refractivity contribution in [3.05, 3.63) is 64.5 Å². The van der Waals surface area contributed by atoms with Crippen LogP contribution in [0.4, 0.5) is 27.6 Å². The monoisotopic (exact) mass is 413 g/mol. The van der Waals surface area contributed by atoms with Crippen molar-refractivity contribution in [1.29, 1.82) is 0 Å². The maximum Gasteiger partial charge on any atom is 0.244 e. The predicted octanol–water partition coefficient (Wildman–Crippen LogP) is 2.62. The lowest BCUT2D eigenvalue weighted by Gasteiger charge is -2.22. The van der Waals surface area contributed by atoms with Crippen molar-refractivity contribution >= 4 is 17.5 Å². The Morgan fingerprint density at radius 3 is 2.31 bits per heavy atom. The molecule has 0 fully saturated rings. The predicted molar refractivity (Wildman–Crippen MR) is 93.0 cm³/mol. The number of anilines is 1. The number of hydrogen-bond acceptors (Lipinski definition) is 3. The molecule has 3 rings (SSSR count). The van der Waals surface area contributed by atoms with E-state index in [1.807, 2.05) is 0 Å². The van der Waals surface area contributed by atoms with Gasteiger partial charge in [0, 0.05) is 36.8 Å². The maximum absolute atomic E-state index is 13.7. The zero-order valence-electron chi connectivity index (χ0n) is 14.9. The number of nitrogens with two attached hydrogens (primary N) is 1. The van der Waals surface area contributed by atoms with E-state index < -0.39 is 46.9 Å². The summed E-state index contributed by atoms with van der Waals surface area (Å²) in [5.74, 6) is -7.04.